The summed E-state index contributed by atoms with van der Waals surface area (Å²) in [7, 11) is 3.42. The molecule has 3 heterocycles. The van der Waals surface area contributed by atoms with Gasteiger partial charge in [-0.25, -0.2) is 19.2 Å². The number of nitrogens with one attached hydrogen (secondary N) is 1. The normalized spacial score (nSPS) is 15.6. The molecule has 0 bridgehead atoms. The van der Waals surface area contributed by atoms with Crippen LogP contribution in [0.15, 0.2) is 48.8 Å². The van der Waals surface area contributed by atoms with E-state index in [1.807, 2.05) is 0 Å². The van der Waals surface area contributed by atoms with Crippen molar-refractivity contribution in [2.24, 2.45) is 0 Å². The molecule has 3 aromatic rings. The lowest BCUT2D eigenvalue weighted by Gasteiger charge is -2.29. The topological polar surface area (TPSA) is 97.3 Å². The quantitative estimate of drug-likeness (QED) is 0.442. The number of esters is 1. The molecule has 4 rings (SSSR count). The van der Waals surface area contributed by atoms with Crippen molar-refractivity contribution in [3.8, 4) is 11.3 Å². The minimum atomic E-state index is -0.462. The molecule has 1 aromatic carbocycles. The smallest absolute Gasteiger partial charge is 0.339 e. The van der Waals surface area contributed by atoms with E-state index in [-0.39, 0.29) is 11.7 Å². The molecular formula is C25H28FN5O3. The summed E-state index contributed by atoms with van der Waals surface area (Å²) in [6, 6.07) is 9.70. The number of aldehydes is 1. The first-order valence-corrected chi connectivity index (χ1v) is 11.0. The number of ether oxygens (including phenoxy) is 1. The summed E-state index contributed by atoms with van der Waals surface area (Å²) < 4.78 is 18.5. The largest absolute Gasteiger partial charge is 0.465 e. The molecule has 1 aliphatic heterocycles. The Labute approximate surface area is 198 Å². The summed E-state index contributed by atoms with van der Waals surface area (Å²) in [6.45, 7) is 3.36. The average Bonchev–Trinajstić information content (AvgIpc) is 2.84. The number of carbonyl (C=O) groups is 2. The van der Waals surface area contributed by atoms with Gasteiger partial charge in [-0.05, 0) is 57.6 Å². The molecule has 0 radical (unpaired) electrons. The van der Waals surface area contributed by atoms with Crippen molar-refractivity contribution in [3.63, 3.8) is 0 Å². The number of methoxy groups -OCH3 is 1. The first kappa shape index (κ1) is 24.9. The molecule has 178 valence electrons. The molecule has 1 saturated heterocycles. The van der Waals surface area contributed by atoms with Crippen LogP contribution in [0.3, 0.4) is 0 Å². The molecule has 9 heteroatoms. The zero-order valence-corrected chi connectivity index (χ0v) is 19.5. The molecule has 1 N–H and O–H groups in total. The fraction of sp³-hybridized carbons (Fsp3) is 0.320. The molecule has 2 aromatic heterocycles. The summed E-state index contributed by atoms with van der Waals surface area (Å²) in [5.74, 6) is 0.663. The molecule has 8 nitrogen and oxygen atoms in total. The number of hydrogen-bond acceptors (Lipinski definition) is 8. The number of hydrogen-bond donors (Lipinski definition) is 1. The number of anilines is 2. The van der Waals surface area contributed by atoms with E-state index in [2.05, 4.69) is 22.2 Å². The lowest BCUT2D eigenvalue weighted by molar-refractivity contribution is -0.106. The number of pyridine rings is 1. The van der Waals surface area contributed by atoms with Gasteiger partial charge in [0.1, 0.15) is 23.7 Å². The Bertz CT molecular complexity index is 1140. The molecule has 0 amide bonds. The second kappa shape index (κ2) is 11.9. The van der Waals surface area contributed by atoms with Crippen molar-refractivity contribution >= 4 is 23.8 Å². The van der Waals surface area contributed by atoms with E-state index >= 15 is 0 Å². The van der Waals surface area contributed by atoms with Gasteiger partial charge in [0.05, 0.1) is 18.4 Å². The van der Waals surface area contributed by atoms with Crippen LogP contribution < -0.4 is 5.32 Å². The Morgan fingerprint density at radius 2 is 2.03 bits per heavy atom. The van der Waals surface area contributed by atoms with Crippen LogP contribution in [0.25, 0.3) is 11.3 Å². The highest BCUT2D eigenvalue weighted by Gasteiger charge is 2.23. The number of likely N-dealkylation sites (N-methyl/N-ethyl adjacent to an activating group) is 1. The number of rotatable bonds is 5. The van der Waals surface area contributed by atoms with Crippen LogP contribution in [0.2, 0.25) is 0 Å². The van der Waals surface area contributed by atoms with Crippen molar-refractivity contribution < 1.29 is 18.7 Å². The molecule has 1 aliphatic rings. The van der Waals surface area contributed by atoms with Gasteiger partial charge in [-0.2, -0.15) is 0 Å². The molecule has 34 heavy (non-hydrogen) atoms. The van der Waals surface area contributed by atoms with Gasteiger partial charge >= 0.3 is 5.97 Å². The van der Waals surface area contributed by atoms with Crippen LogP contribution in [0.5, 0.6) is 0 Å². The number of carbonyl (C=O) groups excluding carboxylic acids is 2. The lowest BCUT2D eigenvalue weighted by Crippen LogP contribution is -2.31. The van der Waals surface area contributed by atoms with Gasteiger partial charge in [0, 0.05) is 42.2 Å². The zero-order chi connectivity index (χ0) is 24.5. The number of nitrogens with zero attached hydrogens (tertiary/aromatic N) is 4. The maximum Gasteiger partial charge on any atom is 0.339 e. The van der Waals surface area contributed by atoms with Crippen molar-refractivity contribution in [2.75, 3.05) is 32.6 Å². The Morgan fingerprint density at radius 1 is 1.24 bits per heavy atom. The zero-order valence-electron chi connectivity index (χ0n) is 19.5. The molecular weight excluding hydrogens is 437 g/mol. The standard InChI is InChI=1S/C23H24FN5O2.C2H4O/c1-29-8-4-5-15(14-29)22-27-20(16-9-17(13-25-12-16)23(30)31-2)11-21(28-22)26-19-7-3-6-18(24)10-19;1-2-3/h3,6-7,9-13,15H,4-5,8,14H2,1-2H3,(H,26,27,28);2H,1H3. The Morgan fingerprint density at radius 3 is 2.74 bits per heavy atom. The molecule has 1 fully saturated rings. The van der Waals surface area contributed by atoms with Crippen molar-refractivity contribution in [3.05, 3.63) is 66.0 Å². The van der Waals surface area contributed by atoms with Gasteiger partial charge in [0.15, 0.2) is 0 Å². The number of aromatic nitrogens is 3. The molecule has 0 saturated carbocycles. The SMILES string of the molecule is CC=O.COC(=O)c1cncc(-c2cc(Nc3cccc(F)c3)nc(C3CCCN(C)C3)n2)c1. The number of likely N-dealkylation sites (tertiary alicyclic amines) is 1. The number of halogens is 1. The van der Waals surface area contributed by atoms with E-state index < -0.39 is 5.97 Å². The van der Waals surface area contributed by atoms with Crippen LogP contribution in [0, 0.1) is 5.82 Å². The predicted octanol–water partition coefficient (Wildman–Crippen LogP) is 4.22. The van der Waals surface area contributed by atoms with Crippen LogP contribution in [-0.4, -0.2) is 59.4 Å². The monoisotopic (exact) mass is 465 g/mol. The molecule has 1 unspecified atom stereocenters. The van der Waals surface area contributed by atoms with E-state index in [1.54, 1.807) is 30.5 Å². The highest BCUT2D eigenvalue weighted by atomic mass is 19.1. The van der Waals surface area contributed by atoms with Gasteiger partial charge < -0.3 is 19.7 Å². The summed E-state index contributed by atoms with van der Waals surface area (Å²) in [4.78, 5) is 36.7. The predicted molar refractivity (Wildman–Crippen MR) is 127 cm³/mol. The third kappa shape index (κ3) is 6.64. The summed E-state index contributed by atoms with van der Waals surface area (Å²) >= 11 is 0. The first-order chi connectivity index (χ1) is 16.4. The third-order valence-electron chi connectivity index (χ3n) is 5.29. The summed E-state index contributed by atoms with van der Waals surface area (Å²) in [6.07, 6.45) is 5.92. The molecule has 0 spiro atoms. The fourth-order valence-corrected chi connectivity index (χ4v) is 3.76. The van der Waals surface area contributed by atoms with E-state index in [1.165, 1.54) is 32.4 Å². The molecule has 1 atom stereocenters. The van der Waals surface area contributed by atoms with Crippen LogP contribution >= 0.6 is 0 Å². The number of benzene rings is 1. The summed E-state index contributed by atoms with van der Waals surface area (Å²) in [5.41, 5.74) is 2.25. The highest BCUT2D eigenvalue weighted by Crippen LogP contribution is 2.29. The van der Waals surface area contributed by atoms with Crippen molar-refractivity contribution in [1.29, 1.82) is 0 Å². The van der Waals surface area contributed by atoms with Crippen molar-refractivity contribution in [2.45, 2.75) is 25.7 Å². The van der Waals surface area contributed by atoms with Crippen LogP contribution in [0.4, 0.5) is 15.9 Å². The Balaban J connectivity index is 0.00000103. The summed E-state index contributed by atoms with van der Waals surface area (Å²) in [5, 5.41) is 3.18. The van der Waals surface area contributed by atoms with Gasteiger partial charge in [-0.15, -0.1) is 0 Å². The van der Waals surface area contributed by atoms with E-state index in [0.29, 0.717) is 34.2 Å². The maximum atomic E-state index is 13.7. The first-order valence-electron chi connectivity index (χ1n) is 11.0. The van der Waals surface area contributed by atoms with Gasteiger partial charge in [0.2, 0.25) is 0 Å². The minimum absolute atomic E-state index is 0.184. The van der Waals surface area contributed by atoms with E-state index in [4.69, 9.17) is 19.5 Å². The molecule has 0 aliphatic carbocycles. The second-order valence-electron chi connectivity index (χ2n) is 7.92. The van der Waals surface area contributed by atoms with Crippen LogP contribution in [-0.2, 0) is 9.53 Å². The number of piperidine rings is 1. The van der Waals surface area contributed by atoms with Gasteiger partial charge in [-0.3, -0.25) is 4.98 Å². The minimum Gasteiger partial charge on any atom is -0.465 e. The van der Waals surface area contributed by atoms with Gasteiger partial charge in [0.25, 0.3) is 0 Å². The lowest BCUT2D eigenvalue weighted by atomic mass is 9.97. The maximum absolute atomic E-state index is 13.7. The van der Waals surface area contributed by atoms with E-state index in [0.717, 1.165) is 32.2 Å². The third-order valence-corrected chi connectivity index (χ3v) is 5.29. The van der Waals surface area contributed by atoms with E-state index in [9.17, 15) is 9.18 Å². The highest BCUT2D eigenvalue weighted by molar-refractivity contribution is 5.90. The van der Waals surface area contributed by atoms with Gasteiger partial charge in [-0.1, -0.05) is 6.07 Å². The second-order valence-corrected chi connectivity index (χ2v) is 7.92. The Kier molecular flexibility index (Phi) is 8.75. The van der Waals surface area contributed by atoms with Crippen LogP contribution in [0.1, 0.15) is 41.9 Å². The Hall–Kier alpha value is -3.72. The fourth-order valence-electron chi connectivity index (χ4n) is 3.76. The average molecular weight is 466 g/mol. The van der Waals surface area contributed by atoms with Crippen molar-refractivity contribution in [1.82, 2.24) is 19.9 Å².